The molecule has 0 bridgehead atoms. The maximum Gasteiger partial charge on any atom is 0.338 e. The van der Waals surface area contributed by atoms with Crippen LogP contribution in [0.4, 0.5) is 0 Å². The first-order valence-corrected chi connectivity index (χ1v) is 7.84. The van der Waals surface area contributed by atoms with E-state index in [1.165, 1.54) is 12.8 Å². The Kier molecular flexibility index (Phi) is 4.89. The minimum absolute atomic E-state index is 0.0429. The first-order valence-electron chi connectivity index (χ1n) is 7.84. The Balaban J connectivity index is 1.82. The first kappa shape index (κ1) is 16.5. The largest absolute Gasteiger partial charge is 0.452 e. The molecule has 120 valence electrons. The lowest BCUT2D eigenvalue weighted by molar-refractivity contribution is -0.124. The Morgan fingerprint density at radius 2 is 1.82 bits per heavy atom. The fraction of sp³-hybridized carbons (Fsp3) is 0.556. The molecule has 4 nitrogen and oxygen atoms in total. The number of benzene rings is 1. The van der Waals surface area contributed by atoms with E-state index in [1.54, 1.807) is 12.1 Å². The van der Waals surface area contributed by atoms with Gasteiger partial charge in [-0.25, -0.2) is 4.79 Å². The third-order valence-electron chi connectivity index (χ3n) is 4.04. The van der Waals surface area contributed by atoms with Gasteiger partial charge in [0.05, 0.1) is 5.56 Å². The van der Waals surface area contributed by atoms with E-state index in [1.807, 2.05) is 19.1 Å². The Morgan fingerprint density at radius 1 is 1.23 bits per heavy atom. The molecule has 4 heteroatoms. The molecule has 1 aromatic rings. The van der Waals surface area contributed by atoms with E-state index in [-0.39, 0.29) is 24.0 Å². The van der Waals surface area contributed by atoms with E-state index in [0.717, 1.165) is 5.56 Å². The van der Waals surface area contributed by atoms with Gasteiger partial charge in [0.2, 0.25) is 0 Å². The second-order valence-electron chi connectivity index (χ2n) is 7.10. The van der Waals surface area contributed by atoms with Gasteiger partial charge in [-0.3, -0.25) is 4.79 Å². The lowest BCUT2D eigenvalue weighted by Gasteiger charge is -2.19. The molecule has 0 saturated heterocycles. The summed E-state index contributed by atoms with van der Waals surface area (Å²) in [6.07, 6.45) is 2.34. The van der Waals surface area contributed by atoms with Crippen molar-refractivity contribution < 1.29 is 14.3 Å². The molecule has 1 atom stereocenters. The molecule has 0 radical (unpaired) electrons. The van der Waals surface area contributed by atoms with Gasteiger partial charge in [-0.05, 0) is 48.8 Å². The van der Waals surface area contributed by atoms with Crippen LogP contribution in [-0.4, -0.2) is 24.5 Å². The maximum absolute atomic E-state index is 11.9. The van der Waals surface area contributed by atoms with Crippen molar-refractivity contribution in [2.24, 2.45) is 5.92 Å². The molecular weight excluding hydrogens is 278 g/mol. The standard InChI is InChI=1S/C18H25NO3/c1-12(13-5-6-13)19-16(20)11-22-17(21)14-7-9-15(10-8-14)18(2,3)4/h7-10,12-13H,5-6,11H2,1-4H3,(H,19,20)/t12-/m0/s1. The van der Waals surface area contributed by atoms with Gasteiger partial charge >= 0.3 is 5.97 Å². The number of carbonyl (C=O) groups excluding carboxylic acids is 2. The number of rotatable bonds is 5. The molecule has 1 aliphatic rings. The van der Waals surface area contributed by atoms with E-state index >= 15 is 0 Å². The lowest BCUT2D eigenvalue weighted by Crippen LogP contribution is -2.37. The molecule has 0 heterocycles. The molecule has 1 saturated carbocycles. The summed E-state index contributed by atoms with van der Waals surface area (Å²) >= 11 is 0. The van der Waals surface area contributed by atoms with E-state index < -0.39 is 5.97 Å². The van der Waals surface area contributed by atoms with Gasteiger partial charge in [0, 0.05) is 6.04 Å². The maximum atomic E-state index is 11.9. The summed E-state index contributed by atoms with van der Waals surface area (Å²) in [5.41, 5.74) is 1.66. The topological polar surface area (TPSA) is 55.4 Å². The summed E-state index contributed by atoms with van der Waals surface area (Å²) in [4.78, 5) is 23.7. The van der Waals surface area contributed by atoms with E-state index in [2.05, 4.69) is 26.1 Å². The number of ether oxygens (including phenoxy) is 1. The number of hydrogen-bond acceptors (Lipinski definition) is 3. The fourth-order valence-corrected chi connectivity index (χ4v) is 2.33. The van der Waals surface area contributed by atoms with Crippen molar-refractivity contribution in [3.63, 3.8) is 0 Å². The Morgan fingerprint density at radius 3 is 2.32 bits per heavy atom. The van der Waals surface area contributed by atoms with Gasteiger partial charge in [-0.2, -0.15) is 0 Å². The highest BCUT2D eigenvalue weighted by molar-refractivity contribution is 5.91. The Bertz CT molecular complexity index is 538. The van der Waals surface area contributed by atoms with Crippen molar-refractivity contribution >= 4 is 11.9 Å². The van der Waals surface area contributed by atoms with Crippen LogP contribution in [0.1, 0.15) is 56.5 Å². The number of carbonyl (C=O) groups is 2. The highest BCUT2D eigenvalue weighted by Gasteiger charge is 2.29. The zero-order valence-corrected chi connectivity index (χ0v) is 13.8. The van der Waals surface area contributed by atoms with Gasteiger partial charge in [0.1, 0.15) is 0 Å². The predicted molar refractivity (Wildman–Crippen MR) is 85.8 cm³/mol. The molecule has 1 aliphatic carbocycles. The normalized spacial score (nSPS) is 16.0. The van der Waals surface area contributed by atoms with Crippen LogP contribution in [0.15, 0.2) is 24.3 Å². The van der Waals surface area contributed by atoms with Crippen molar-refractivity contribution in [3.8, 4) is 0 Å². The van der Waals surface area contributed by atoms with Crippen LogP contribution in [0.25, 0.3) is 0 Å². The number of nitrogens with one attached hydrogen (secondary N) is 1. The van der Waals surface area contributed by atoms with Gasteiger partial charge in [0.25, 0.3) is 5.91 Å². The van der Waals surface area contributed by atoms with E-state index in [9.17, 15) is 9.59 Å². The van der Waals surface area contributed by atoms with Crippen LogP contribution in [0.3, 0.4) is 0 Å². The molecule has 1 aromatic carbocycles. The van der Waals surface area contributed by atoms with Gasteiger partial charge in [-0.15, -0.1) is 0 Å². The molecule has 22 heavy (non-hydrogen) atoms. The highest BCUT2D eigenvalue weighted by Crippen LogP contribution is 2.32. The molecule has 1 amide bonds. The minimum atomic E-state index is -0.463. The summed E-state index contributed by atoms with van der Waals surface area (Å²) in [6.45, 7) is 8.11. The van der Waals surface area contributed by atoms with Crippen LogP contribution in [0, 0.1) is 5.92 Å². The zero-order chi connectivity index (χ0) is 16.3. The van der Waals surface area contributed by atoms with Crippen LogP contribution >= 0.6 is 0 Å². The molecule has 0 spiro atoms. The summed E-state index contributed by atoms with van der Waals surface area (Å²) in [5.74, 6) is -0.113. The molecule has 0 aliphatic heterocycles. The van der Waals surface area contributed by atoms with Crippen molar-refractivity contribution in [1.29, 1.82) is 0 Å². The first-order chi connectivity index (χ1) is 10.3. The van der Waals surface area contributed by atoms with Crippen LogP contribution in [0.2, 0.25) is 0 Å². The summed E-state index contributed by atoms with van der Waals surface area (Å²) in [5, 5.41) is 2.86. The Labute approximate surface area is 132 Å². The average molecular weight is 303 g/mol. The summed E-state index contributed by atoms with van der Waals surface area (Å²) < 4.78 is 5.07. The van der Waals surface area contributed by atoms with Crippen molar-refractivity contribution in [2.45, 2.75) is 52.0 Å². The predicted octanol–water partition coefficient (Wildman–Crippen LogP) is 3.06. The molecule has 0 aromatic heterocycles. The zero-order valence-electron chi connectivity index (χ0n) is 13.8. The molecular formula is C18H25NO3. The second-order valence-corrected chi connectivity index (χ2v) is 7.10. The SMILES string of the molecule is C[C@H](NC(=O)COC(=O)c1ccc(C(C)(C)C)cc1)C1CC1. The average Bonchev–Trinajstić information content (AvgIpc) is 3.28. The fourth-order valence-electron chi connectivity index (χ4n) is 2.33. The Hall–Kier alpha value is -1.84. The summed E-state index contributed by atoms with van der Waals surface area (Å²) in [7, 11) is 0. The minimum Gasteiger partial charge on any atom is -0.452 e. The number of hydrogen-bond donors (Lipinski definition) is 1. The highest BCUT2D eigenvalue weighted by atomic mass is 16.5. The van der Waals surface area contributed by atoms with E-state index in [0.29, 0.717) is 11.5 Å². The van der Waals surface area contributed by atoms with E-state index in [4.69, 9.17) is 4.74 Å². The van der Waals surface area contributed by atoms with Gasteiger partial charge in [-0.1, -0.05) is 32.9 Å². The van der Waals surface area contributed by atoms with Crippen LogP contribution < -0.4 is 5.32 Å². The van der Waals surface area contributed by atoms with Crippen molar-refractivity contribution in [2.75, 3.05) is 6.61 Å². The monoisotopic (exact) mass is 303 g/mol. The molecule has 1 fully saturated rings. The quantitative estimate of drug-likeness (QED) is 0.851. The number of amides is 1. The van der Waals surface area contributed by atoms with Crippen LogP contribution in [0.5, 0.6) is 0 Å². The second kappa shape index (κ2) is 6.51. The smallest absolute Gasteiger partial charge is 0.338 e. The number of esters is 1. The molecule has 2 rings (SSSR count). The third kappa shape index (κ3) is 4.58. The lowest BCUT2D eigenvalue weighted by atomic mass is 9.87. The van der Waals surface area contributed by atoms with Gasteiger partial charge < -0.3 is 10.1 Å². The third-order valence-corrected chi connectivity index (χ3v) is 4.04. The van der Waals surface area contributed by atoms with Crippen molar-refractivity contribution in [3.05, 3.63) is 35.4 Å². The summed E-state index contributed by atoms with van der Waals surface area (Å²) in [6, 6.07) is 7.50. The molecule has 0 unspecified atom stereocenters. The molecule has 1 N–H and O–H groups in total. The van der Waals surface area contributed by atoms with Crippen molar-refractivity contribution in [1.82, 2.24) is 5.32 Å². The van der Waals surface area contributed by atoms with Gasteiger partial charge in [0.15, 0.2) is 6.61 Å². The van der Waals surface area contributed by atoms with Crippen LogP contribution in [-0.2, 0) is 14.9 Å².